The van der Waals surface area contributed by atoms with Crippen molar-refractivity contribution in [3.05, 3.63) is 45.8 Å². The molecule has 0 bridgehead atoms. The highest BCUT2D eigenvalue weighted by atomic mass is 32.1. The second-order valence-corrected chi connectivity index (χ2v) is 7.96. The summed E-state index contributed by atoms with van der Waals surface area (Å²) >= 11 is 1.59. The molecule has 0 saturated carbocycles. The summed E-state index contributed by atoms with van der Waals surface area (Å²) in [5.74, 6) is 1.13. The first kappa shape index (κ1) is 16.5. The van der Waals surface area contributed by atoms with Crippen LogP contribution in [0.1, 0.15) is 26.7 Å². The van der Waals surface area contributed by atoms with E-state index in [0.717, 1.165) is 57.9 Å². The number of hydrogen-bond donors (Lipinski definition) is 0. The summed E-state index contributed by atoms with van der Waals surface area (Å²) in [4.78, 5) is 25.4. The van der Waals surface area contributed by atoms with Gasteiger partial charge < -0.3 is 14.7 Å². The zero-order valence-electron chi connectivity index (χ0n) is 14.6. The Hall–Kier alpha value is -1.92. The van der Waals surface area contributed by atoms with E-state index >= 15 is 0 Å². The molecular formula is C19H24N4OS. The standard InChI is InChI=1S/C19H24N4OS/c1-21-10-12-22(13-11-21)19(24)18-20-17-16(25-18)8-5-9-23(17)14-15-6-3-2-4-7-15/h2-4,6-7H,5,8-14H2,1H3. The van der Waals surface area contributed by atoms with Crippen LogP contribution in [-0.2, 0) is 13.0 Å². The minimum absolute atomic E-state index is 0.104. The minimum atomic E-state index is 0.104. The van der Waals surface area contributed by atoms with E-state index in [9.17, 15) is 4.79 Å². The molecule has 1 aromatic carbocycles. The number of carbonyl (C=O) groups is 1. The molecule has 2 aromatic rings. The van der Waals surface area contributed by atoms with Gasteiger partial charge in [0.25, 0.3) is 5.91 Å². The monoisotopic (exact) mass is 356 g/mol. The molecule has 0 aliphatic carbocycles. The highest BCUT2D eigenvalue weighted by molar-refractivity contribution is 7.14. The third-order valence-electron chi connectivity index (χ3n) is 5.00. The van der Waals surface area contributed by atoms with Crippen LogP contribution >= 0.6 is 11.3 Å². The zero-order chi connectivity index (χ0) is 17.2. The Bertz CT molecular complexity index is 737. The van der Waals surface area contributed by atoms with Crippen LogP contribution < -0.4 is 4.90 Å². The molecular weight excluding hydrogens is 332 g/mol. The van der Waals surface area contributed by atoms with Crippen molar-refractivity contribution in [1.82, 2.24) is 14.8 Å². The lowest BCUT2D eigenvalue weighted by Crippen LogP contribution is -2.47. The fraction of sp³-hybridized carbons (Fsp3) is 0.474. The summed E-state index contributed by atoms with van der Waals surface area (Å²) < 4.78 is 0. The number of amides is 1. The second-order valence-electron chi connectivity index (χ2n) is 6.87. The Morgan fingerprint density at radius 3 is 2.64 bits per heavy atom. The van der Waals surface area contributed by atoms with Crippen LogP contribution in [0.3, 0.4) is 0 Å². The van der Waals surface area contributed by atoms with E-state index in [4.69, 9.17) is 4.98 Å². The largest absolute Gasteiger partial charge is 0.351 e. The number of anilines is 1. The molecule has 3 heterocycles. The Labute approximate surface area is 152 Å². The highest BCUT2D eigenvalue weighted by Gasteiger charge is 2.28. The number of likely N-dealkylation sites (N-methyl/N-ethyl adjacent to an activating group) is 1. The molecule has 0 radical (unpaired) electrons. The minimum Gasteiger partial charge on any atom is -0.351 e. The summed E-state index contributed by atoms with van der Waals surface area (Å²) in [7, 11) is 2.10. The molecule has 1 saturated heterocycles. The van der Waals surface area contributed by atoms with Gasteiger partial charge in [-0.15, -0.1) is 11.3 Å². The van der Waals surface area contributed by atoms with Gasteiger partial charge in [-0.1, -0.05) is 30.3 Å². The number of piperazine rings is 1. The molecule has 1 amide bonds. The lowest BCUT2D eigenvalue weighted by Gasteiger charge is -2.31. The molecule has 2 aliphatic rings. The van der Waals surface area contributed by atoms with Crippen molar-refractivity contribution in [3.63, 3.8) is 0 Å². The van der Waals surface area contributed by atoms with Crippen LogP contribution in [0.25, 0.3) is 0 Å². The van der Waals surface area contributed by atoms with Gasteiger partial charge in [0, 0.05) is 44.1 Å². The molecule has 0 spiro atoms. The number of rotatable bonds is 3. The van der Waals surface area contributed by atoms with Gasteiger partial charge in [-0.2, -0.15) is 0 Å². The summed E-state index contributed by atoms with van der Waals surface area (Å²) in [6, 6.07) is 10.5. The Morgan fingerprint density at radius 2 is 1.88 bits per heavy atom. The van der Waals surface area contributed by atoms with Gasteiger partial charge in [-0.3, -0.25) is 4.79 Å². The summed E-state index contributed by atoms with van der Waals surface area (Å²) in [5, 5.41) is 0.662. The van der Waals surface area contributed by atoms with E-state index in [1.165, 1.54) is 10.4 Å². The maximum absolute atomic E-state index is 12.8. The van der Waals surface area contributed by atoms with Crippen LogP contribution in [-0.4, -0.2) is 60.5 Å². The van der Waals surface area contributed by atoms with Crippen molar-refractivity contribution in [3.8, 4) is 0 Å². The summed E-state index contributed by atoms with van der Waals surface area (Å²) in [5.41, 5.74) is 1.29. The van der Waals surface area contributed by atoms with Crippen molar-refractivity contribution in [2.24, 2.45) is 0 Å². The highest BCUT2D eigenvalue weighted by Crippen LogP contribution is 2.33. The average Bonchev–Trinajstić information content (AvgIpc) is 3.08. The number of nitrogens with zero attached hydrogens (tertiary/aromatic N) is 4. The topological polar surface area (TPSA) is 39.7 Å². The van der Waals surface area contributed by atoms with Gasteiger partial charge in [0.15, 0.2) is 5.01 Å². The average molecular weight is 356 g/mol. The first-order valence-electron chi connectivity index (χ1n) is 8.97. The van der Waals surface area contributed by atoms with Crippen LogP contribution in [0.4, 0.5) is 5.82 Å². The fourth-order valence-corrected chi connectivity index (χ4v) is 4.58. The second kappa shape index (κ2) is 7.14. The van der Waals surface area contributed by atoms with Crippen molar-refractivity contribution >= 4 is 23.1 Å². The SMILES string of the molecule is CN1CCN(C(=O)c2nc3c(s2)CCCN3Cc2ccccc2)CC1. The molecule has 25 heavy (non-hydrogen) atoms. The van der Waals surface area contributed by atoms with Crippen LogP contribution in [0, 0.1) is 0 Å². The quantitative estimate of drug-likeness (QED) is 0.847. The zero-order valence-corrected chi connectivity index (χ0v) is 15.5. The van der Waals surface area contributed by atoms with E-state index < -0.39 is 0 Å². The lowest BCUT2D eigenvalue weighted by molar-refractivity contribution is 0.0664. The Morgan fingerprint density at radius 1 is 1.12 bits per heavy atom. The molecule has 1 aromatic heterocycles. The Kier molecular flexibility index (Phi) is 4.72. The lowest BCUT2D eigenvalue weighted by atomic mass is 10.1. The van der Waals surface area contributed by atoms with E-state index in [2.05, 4.69) is 41.1 Å². The van der Waals surface area contributed by atoms with Gasteiger partial charge >= 0.3 is 0 Å². The summed E-state index contributed by atoms with van der Waals surface area (Å²) in [6.07, 6.45) is 2.17. The van der Waals surface area contributed by atoms with Crippen molar-refractivity contribution in [2.75, 3.05) is 44.7 Å². The smallest absolute Gasteiger partial charge is 0.283 e. The van der Waals surface area contributed by atoms with E-state index in [1.807, 2.05) is 11.0 Å². The molecule has 132 valence electrons. The Balaban J connectivity index is 1.52. The first-order valence-corrected chi connectivity index (χ1v) is 9.79. The van der Waals surface area contributed by atoms with E-state index in [1.54, 1.807) is 11.3 Å². The molecule has 0 atom stereocenters. The number of aromatic nitrogens is 1. The van der Waals surface area contributed by atoms with Gasteiger partial charge in [-0.25, -0.2) is 4.98 Å². The van der Waals surface area contributed by atoms with Crippen LogP contribution in [0.5, 0.6) is 0 Å². The maximum Gasteiger partial charge on any atom is 0.283 e. The van der Waals surface area contributed by atoms with E-state index in [0.29, 0.717) is 5.01 Å². The summed E-state index contributed by atoms with van der Waals surface area (Å²) in [6.45, 7) is 5.35. The normalized spacial score (nSPS) is 18.3. The maximum atomic E-state index is 12.8. The first-order chi connectivity index (χ1) is 12.2. The molecule has 6 heteroatoms. The van der Waals surface area contributed by atoms with Gasteiger partial charge in [0.1, 0.15) is 5.82 Å². The predicted octanol–water partition coefficient (Wildman–Crippen LogP) is 2.48. The van der Waals surface area contributed by atoms with Crippen molar-refractivity contribution < 1.29 is 4.79 Å². The fourth-order valence-electron chi connectivity index (χ4n) is 3.48. The third-order valence-corrected chi connectivity index (χ3v) is 6.09. The van der Waals surface area contributed by atoms with Crippen molar-refractivity contribution in [1.29, 1.82) is 0 Å². The molecule has 2 aliphatic heterocycles. The number of carbonyl (C=O) groups excluding carboxylic acids is 1. The molecule has 0 N–H and O–H groups in total. The van der Waals surface area contributed by atoms with Gasteiger partial charge in [0.2, 0.25) is 0 Å². The van der Waals surface area contributed by atoms with Crippen molar-refractivity contribution in [2.45, 2.75) is 19.4 Å². The van der Waals surface area contributed by atoms with Gasteiger partial charge in [-0.05, 0) is 25.5 Å². The van der Waals surface area contributed by atoms with Crippen LogP contribution in [0.2, 0.25) is 0 Å². The third kappa shape index (κ3) is 3.55. The molecule has 1 fully saturated rings. The van der Waals surface area contributed by atoms with E-state index in [-0.39, 0.29) is 5.91 Å². The molecule has 5 nitrogen and oxygen atoms in total. The number of fused-ring (bicyclic) bond motifs is 1. The number of hydrogen-bond acceptors (Lipinski definition) is 5. The number of benzene rings is 1. The van der Waals surface area contributed by atoms with Gasteiger partial charge in [0.05, 0.1) is 0 Å². The molecule has 4 rings (SSSR count). The molecule has 0 unspecified atom stereocenters. The number of thiazole rings is 1. The van der Waals surface area contributed by atoms with Crippen LogP contribution in [0.15, 0.2) is 30.3 Å². The predicted molar refractivity (Wildman–Crippen MR) is 101 cm³/mol. The number of aryl methyl sites for hydroxylation is 1.